The number of anilines is 1. The molecule has 2 aliphatic heterocycles. The van der Waals surface area contributed by atoms with Gasteiger partial charge in [-0.1, -0.05) is 0 Å². The number of hydrogen-bond donors (Lipinski definition) is 1. The highest BCUT2D eigenvalue weighted by Gasteiger charge is 2.28. The third kappa shape index (κ3) is 4.14. The second-order valence-corrected chi connectivity index (χ2v) is 8.17. The normalized spacial score (nSPS) is 21.9. The Labute approximate surface area is 173 Å². The number of nitrogens with zero attached hydrogens (tertiary/aromatic N) is 2. The molecule has 1 aromatic heterocycles. The van der Waals surface area contributed by atoms with Gasteiger partial charge < -0.3 is 24.4 Å². The van der Waals surface area contributed by atoms with Gasteiger partial charge in [0.1, 0.15) is 5.82 Å². The van der Waals surface area contributed by atoms with Gasteiger partial charge in [-0.15, -0.1) is 0 Å². The Morgan fingerprint density at radius 1 is 1.21 bits per heavy atom. The van der Waals surface area contributed by atoms with Crippen LogP contribution in [0.1, 0.15) is 50.3 Å². The standard InChI is InChI=1S/C23H33N3O3/c1-15-12-18-22(16(2)29-15)17-13-20(27-4)21(14-19(17)25-23(18)24-3)28-11-7-10-26-8-5-6-9-26/h13-16H,5-12H2,1-4H3,(H,24,25). The van der Waals surface area contributed by atoms with Crippen molar-refractivity contribution in [1.82, 2.24) is 9.88 Å². The summed E-state index contributed by atoms with van der Waals surface area (Å²) in [6.45, 7) is 8.45. The molecule has 2 aromatic rings. The van der Waals surface area contributed by atoms with E-state index in [0.29, 0.717) is 6.61 Å². The zero-order valence-corrected chi connectivity index (χ0v) is 18.1. The molecule has 1 aromatic carbocycles. The maximum absolute atomic E-state index is 6.12. The van der Waals surface area contributed by atoms with Crippen molar-refractivity contribution in [2.24, 2.45) is 0 Å². The molecule has 6 heteroatoms. The molecule has 0 radical (unpaired) electrons. The highest BCUT2D eigenvalue weighted by atomic mass is 16.5. The van der Waals surface area contributed by atoms with E-state index in [0.717, 1.165) is 47.6 Å². The smallest absolute Gasteiger partial charge is 0.163 e. The van der Waals surface area contributed by atoms with Crippen molar-refractivity contribution in [3.05, 3.63) is 23.3 Å². The number of rotatable bonds is 7. The molecule has 0 amide bonds. The molecule has 0 saturated carbocycles. The first-order valence-corrected chi connectivity index (χ1v) is 10.8. The van der Waals surface area contributed by atoms with Crippen LogP contribution >= 0.6 is 0 Å². The Kier molecular flexibility index (Phi) is 6.11. The summed E-state index contributed by atoms with van der Waals surface area (Å²) >= 11 is 0. The molecule has 1 saturated heterocycles. The van der Waals surface area contributed by atoms with Crippen LogP contribution in [0.4, 0.5) is 5.82 Å². The Morgan fingerprint density at radius 3 is 2.72 bits per heavy atom. The third-order valence-corrected chi connectivity index (χ3v) is 6.06. The lowest BCUT2D eigenvalue weighted by molar-refractivity contribution is -0.00362. The van der Waals surface area contributed by atoms with Crippen LogP contribution in [0.5, 0.6) is 11.5 Å². The van der Waals surface area contributed by atoms with Crippen LogP contribution in [0.3, 0.4) is 0 Å². The summed E-state index contributed by atoms with van der Waals surface area (Å²) in [6, 6.07) is 4.07. The first-order valence-electron chi connectivity index (χ1n) is 10.8. The molecule has 0 spiro atoms. The molecule has 158 valence electrons. The van der Waals surface area contributed by atoms with E-state index >= 15 is 0 Å². The van der Waals surface area contributed by atoms with Gasteiger partial charge in [-0.3, -0.25) is 0 Å². The molecule has 2 aliphatic rings. The molecule has 6 nitrogen and oxygen atoms in total. The number of methoxy groups -OCH3 is 1. The van der Waals surface area contributed by atoms with E-state index in [9.17, 15) is 0 Å². The van der Waals surface area contributed by atoms with E-state index < -0.39 is 0 Å². The highest BCUT2D eigenvalue weighted by molar-refractivity contribution is 5.89. The van der Waals surface area contributed by atoms with Crippen molar-refractivity contribution in [2.45, 2.75) is 51.7 Å². The van der Waals surface area contributed by atoms with Gasteiger partial charge in [0.15, 0.2) is 11.5 Å². The summed E-state index contributed by atoms with van der Waals surface area (Å²) < 4.78 is 17.9. The predicted octanol–water partition coefficient (Wildman–Crippen LogP) is 4.17. The number of pyridine rings is 1. The van der Waals surface area contributed by atoms with E-state index in [2.05, 4.69) is 30.1 Å². The van der Waals surface area contributed by atoms with Gasteiger partial charge in [0.25, 0.3) is 0 Å². The van der Waals surface area contributed by atoms with Crippen LogP contribution < -0.4 is 14.8 Å². The number of aromatic nitrogens is 1. The first kappa shape index (κ1) is 20.2. The fourth-order valence-corrected chi connectivity index (χ4v) is 4.71. The third-order valence-electron chi connectivity index (χ3n) is 6.06. The van der Waals surface area contributed by atoms with Gasteiger partial charge in [-0.05, 0) is 57.8 Å². The van der Waals surface area contributed by atoms with Crippen LogP contribution in [-0.4, -0.2) is 56.4 Å². The van der Waals surface area contributed by atoms with Crippen LogP contribution in [0.15, 0.2) is 12.1 Å². The number of likely N-dealkylation sites (tertiary alicyclic amines) is 1. The Bertz CT molecular complexity index is 864. The minimum Gasteiger partial charge on any atom is -0.493 e. The van der Waals surface area contributed by atoms with Gasteiger partial charge in [-0.25, -0.2) is 4.98 Å². The number of hydrogen-bond acceptors (Lipinski definition) is 6. The molecule has 4 rings (SSSR count). The minimum absolute atomic E-state index is 0.0169. The Hall–Kier alpha value is -2.05. The first-order chi connectivity index (χ1) is 14.1. The van der Waals surface area contributed by atoms with Crippen LogP contribution in [-0.2, 0) is 11.2 Å². The van der Waals surface area contributed by atoms with Gasteiger partial charge in [0.05, 0.1) is 31.4 Å². The molecule has 29 heavy (non-hydrogen) atoms. The lowest BCUT2D eigenvalue weighted by Crippen LogP contribution is -2.24. The van der Waals surface area contributed by atoms with E-state index in [4.69, 9.17) is 19.2 Å². The molecule has 1 N–H and O–H groups in total. The Morgan fingerprint density at radius 2 is 2.00 bits per heavy atom. The summed E-state index contributed by atoms with van der Waals surface area (Å²) in [4.78, 5) is 7.40. The number of nitrogens with one attached hydrogen (secondary N) is 1. The molecule has 3 heterocycles. The van der Waals surface area contributed by atoms with Crippen LogP contribution in [0, 0.1) is 0 Å². The lowest BCUT2D eigenvalue weighted by Gasteiger charge is -2.31. The van der Waals surface area contributed by atoms with E-state index in [1.807, 2.05) is 13.1 Å². The predicted molar refractivity (Wildman–Crippen MR) is 116 cm³/mol. The number of benzene rings is 1. The highest BCUT2D eigenvalue weighted by Crippen LogP contribution is 2.42. The molecule has 2 atom stereocenters. The molecular formula is C23H33N3O3. The Balaban J connectivity index is 1.62. The molecule has 2 unspecified atom stereocenters. The van der Waals surface area contributed by atoms with Crippen molar-refractivity contribution in [2.75, 3.05) is 45.7 Å². The number of fused-ring (bicyclic) bond motifs is 3. The SMILES string of the molecule is CNc1nc2cc(OCCCN3CCCC3)c(OC)cc2c2c1CC(C)OC2C. The number of ether oxygens (including phenoxy) is 3. The minimum atomic E-state index is 0.0169. The summed E-state index contributed by atoms with van der Waals surface area (Å²) in [5.74, 6) is 2.44. The molecular weight excluding hydrogens is 366 g/mol. The largest absolute Gasteiger partial charge is 0.493 e. The van der Waals surface area contributed by atoms with E-state index in [1.54, 1.807) is 7.11 Å². The maximum Gasteiger partial charge on any atom is 0.163 e. The monoisotopic (exact) mass is 399 g/mol. The quantitative estimate of drug-likeness (QED) is 0.705. The van der Waals surface area contributed by atoms with Crippen molar-refractivity contribution in [3.8, 4) is 11.5 Å². The van der Waals surface area contributed by atoms with Crippen molar-refractivity contribution < 1.29 is 14.2 Å². The van der Waals surface area contributed by atoms with Crippen molar-refractivity contribution in [1.29, 1.82) is 0 Å². The van der Waals surface area contributed by atoms with Gasteiger partial charge in [0, 0.05) is 37.0 Å². The van der Waals surface area contributed by atoms with Crippen LogP contribution in [0.25, 0.3) is 10.9 Å². The second-order valence-electron chi connectivity index (χ2n) is 8.17. The fourth-order valence-electron chi connectivity index (χ4n) is 4.71. The zero-order valence-electron chi connectivity index (χ0n) is 18.1. The lowest BCUT2D eigenvalue weighted by atomic mass is 9.92. The fraction of sp³-hybridized carbons (Fsp3) is 0.609. The van der Waals surface area contributed by atoms with Gasteiger partial charge in [-0.2, -0.15) is 0 Å². The average Bonchev–Trinajstić information content (AvgIpc) is 3.23. The van der Waals surface area contributed by atoms with Crippen molar-refractivity contribution in [3.63, 3.8) is 0 Å². The van der Waals surface area contributed by atoms with Gasteiger partial charge >= 0.3 is 0 Å². The van der Waals surface area contributed by atoms with E-state index in [1.165, 1.54) is 37.1 Å². The van der Waals surface area contributed by atoms with Crippen molar-refractivity contribution >= 4 is 16.7 Å². The summed E-state index contributed by atoms with van der Waals surface area (Å²) in [7, 11) is 3.63. The molecule has 0 bridgehead atoms. The summed E-state index contributed by atoms with van der Waals surface area (Å²) in [6.07, 6.45) is 4.72. The topological polar surface area (TPSA) is 55.9 Å². The molecule has 1 fully saturated rings. The summed E-state index contributed by atoms with van der Waals surface area (Å²) in [5, 5.41) is 4.36. The van der Waals surface area contributed by atoms with Crippen LogP contribution in [0.2, 0.25) is 0 Å². The maximum atomic E-state index is 6.12. The van der Waals surface area contributed by atoms with E-state index in [-0.39, 0.29) is 12.2 Å². The molecule has 0 aliphatic carbocycles. The zero-order chi connectivity index (χ0) is 20.4. The second kappa shape index (κ2) is 8.76. The summed E-state index contributed by atoms with van der Waals surface area (Å²) in [5.41, 5.74) is 3.36. The van der Waals surface area contributed by atoms with Gasteiger partial charge in [0.2, 0.25) is 0 Å². The average molecular weight is 400 g/mol.